The Bertz CT molecular complexity index is 514. The molecule has 1 aromatic heterocycles. The van der Waals surface area contributed by atoms with E-state index in [-0.39, 0.29) is 0 Å². The summed E-state index contributed by atoms with van der Waals surface area (Å²) in [6.07, 6.45) is 17.3. The molecular weight excluding hydrogens is 308 g/mol. The second kappa shape index (κ2) is 8.68. The van der Waals surface area contributed by atoms with Gasteiger partial charge in [0.15, 0.2) is 0 Å². The van der Waals surface area contributed by atoms with Crippen LogP contribution in [-0.2, 0) is 13.0 Å². The second-order valence-corrected chi connectivity index (χ2v) is 8.67. The summed E-state index contributed by atoms with van der Waals surface area (Å²) in [5, 5.41) is 0. The first-order valence-corrected chi connectivity index (χ1v) is 10.9. The lowest BCUT2D eigenvalue weighted by Crippen LogP contribution is -2.41. The highest BCUT2D eigenvalue weighted by molar-refractivity contribution is 5.03. The third-order valence-corrected chi connectivity index (χ3v) is 6.74. The van der Waals surface area contributed by atoms with E-state index in [0.717, 1.165) is 18.5 Å². The van der Waals surface area contributed by atoms with Gasteiger partial charge in [-0.3, -0.25) is 4.90 Å². The van der Waals surface area contributed by atoms with Crippen molar-refractivity contribution < 1.29 is 0 Å². The predicted octanol–water partition coefficient (Wildman–Crippen LogP) is 3.98. The molecule has 4 rings (SSSR count). The predicted molar refractivity (Wildman–Crippen MR) is 103 cm³/mol. The zero-order valence-electron chi connectivity index (χ0n) is 15.9. The van der Waals surface area contributed by atoms with Gasteiger partial charge in [-0.1, -0.05) is 32.1 Å². The fraction of sp³-hybridized carbons (Fsp3) is 0.857. The molecule has 4 heteroatoms. The van der Waals surface area contributed by atoms with Crippen LogP contribution in [0.3, 0.4) is 0 Å². The van der Waals surface area contributed by atoms with Crippen molar-refractivity contribution >= 4 is 0 Å². The van der Waals surface area contributed by atoms with Gasteiger partial charge in [0.25, 0.3) is 0 Å². The van der Waals surface area contributed by atoms with Crippen LogP contribution in [0.5, 0.6) is 0 Å². The van der Waals surface area contributed by atoms with Gasteiger partial charge in [-0.15, -0.1) is 0 Å². The second-order valence-electron chi connectivity index (χ2n) is 8.67. The van der Waals surface area contributed by atoms with Crippen LogP contribution in [0.25, 0.3) is 0 Å². The Hall–Kier alpha value is -0.870. The number of rotatable bonds is 7. The van der Waals surface area contributed by atoms with Crippen molar-refractivity contribution in [2.75, 3.05) is 26.2 Å². The lowest BCUT2D eigenvalue weighted by Gasteiger charge is -2.36. The third-order valence-electron chi connectivity index (χ3n) is 6.74. The first kappa shape index (κ1) is 17.5. The largest absolute Gasteiger partial charge is 0.345 e. The molecule has 1 atom stereocenters. The van der Waals surface area contributed by atoms with E-state index in [4.69, 9.17) is 0 Å². The first-order chi connectivity index (χ1) is 12.4. The SMILES string of the molecule is c1nc(CC2CCCC2)[nH]c1CN1CCCCC1CCN1CCCC1. The maximum atomic E-state index is 4.69. The van der Waals surface area contributed by atoms with Crippen LogP contribution in [0.1, 0.15) is 75.7 Å². The van der Waals surface area contributed by atoms with Crippen LogP contribution in [0.4, 0.5) is 0 Å². The number of hydrogen-bond acceptors (Lipinski definition) is 3. The fourth-order valence-electron chi connectivity index (χ4n) is 5.23. The number of nitrogens with one attached hydrogen (secondary N) is 1. The van der Waals surface area contributed by atoms with E-state index in [1.165, 1.54) is 108 Å². The van der Waals surface area contributed by atoms with Crippen molar-refractivity contribution in [3.63, 3.8) is 0 Å². The summed E-state index contributed by atoms with van der Waals surface area (Å²) in [5.41, 5.74) is 1.33. The van der Waals surface area contributed by atoms with E-state index >= 15 is 0 Å². The molecule has 1 saturated carbocycles. The molecule has 3 heterocycles. The summed E-state index contributed by atoms with van der Waals surface area (Å²) in [6, 6.07) is 0.774. The van der Waals surface area contributed by atoms with E-state index in [1.54, 1.807) is 0 Å². The van der Waals surface area contributed by atoms with Gasteiger partial charge in [0, 0.05) is 30.9 Å². The van der Waals surface area contributed by atoms with Crippen LogP contribution in [0.15, 0.2) is 6.20 Å². The van der Waals surface area contributed by atoms with Gasteiger partial charge in [0.2, 0.25) is 0 Å². The summed E-state index contributed by atoms with van der Waals surface area (Å²) in [4.78, 5) is 13.7. The summed E-state index contributed by atoms with van der Waals surface area (Å²) < 4.78 is 0. The summed E-state index contributed by atoms with van der Waals surface area (Å²) in [5.74, 6) is 2.11. The van der Waals surface area contributed by atoms with Gasteiger partial charge >= 0.3 is 0 Å². The smallest absolute Gasteiger partial charge is 0.106 e. The Morgan fingerprint density at radius 3 is 2.56 bits per heavy atom. The number of H-pyrrole nitrogens is 1. The molecule has 140 valence electrons. The Morgan fingerprint density at radius 1 is 0.960 bits per heavy atom. The average molecular weight is 345 g/mol. The maximum absolute atomic E-state index is 4.69. The molecule has 2 aliphatic heterocycles. The normalized spacial score (nSPS) is 26.6. The lowest BCUT2D eigenvalue weighted by atomic mass is 9.99. The molecule has 0 spiro atoms. The molecule has 3 aliphatic rings. The lowest BCUT2D eigenvalue weighted by molar-refractivity contribution is 0.120. The molecule has 2 saturated heterocycles. The van der Waals surface area contributed by atoms with Gasteiger partial charge in [0.05, 0.1) is 0 Å². The number of imidazole rings is 1. The molecule has 0 bridgehead atoms. The average Bonchev–Trinajstić information content (AvgIpc) is 3.38. The topological polar surface area (TPSA) is 35.2 Å². The van der Waals surface area contributed by atoms with Gasteiger partial charge in [-0.2, -0.15) is 0 Å². The van der Waals surface area contributed by atoms with Crippen molar-refractivity contribution in [1.29, 1.82) is 0 Å². The molecular formula is C21H36N4. The highest BCUT2D eigenvalue weighted by Crippen LogP contribution is 2.27. The highest BCUT2D eigenvalue weighted by Gasteiger charge is 2.24. The van der Waals surface area contributed by atoms with Crippen molar-refractivity contribution in [1.82, 2.24) is 19.8 Å². The number of piperidine rings is 1. The molecule has 3 fully saturated rings. The van der Waals surface area contributed by atoms with Crippen molar-refractivity contribution in [3.8, 4) is 0 Å². The van der Waals surface area contributed by atoms with Crippen molar-refractivity contribution in [3.05, 3.63) is 17.7 Å². The third kappa shape index (κ3) is 4.85. The van der Waals surface area contributed by atoms with Crippen molar-refractivity contribution in [2.24, 2.45) is 5.92 Å². The quantitative estimate of drug-likeness (QED) is 0.812. The molecule has 0 radical (unpaired) electrons. The zero-order valence-corrected chi connectivity index (χ0v) is 15.9. The maximum Gasteiger partial charge on any atom is 0.106 e. The van der Waals surface area contributed by atoms with E-state index < -0.39 is 0 Å². The first-order valence-electron chi connectivity index (χ1n) is 10.9. The minimum atomic E-state index is 0.774. The number of likely N-dealkylation sites (tertiary alicyclic amines) is 2. The molecule has 1 aromatic rings. The van der Waals surface area contributed by atoms with Gasteiger partial charge < -0.3 is 9.88 Å². The minimum absolute atomic E-state index is 0.774. The Morgan fingerprint density at radius 2 is 1.72 bits per heavy atom. The molecule has 1 unspecified atom stereocenters. The molecule has 1 aliphatic carbocycles. The molecule has 25 heavy (non-hydrogen) atoms. The van der Waals surface area contributed by atoms with E-state index in [0.29, 0.717) is 0 Å². The number of nitrogens with zero attached hydrogens (tertiary/aromatic N) is 3. The number of aromatic amines is 1. The van der Waals surface area contributed by atoms with E-state index in [2.05, 4.69) is 26.0 Å². The molecule has 0 aromatic carbocycles. The summed E-state index contributed by atoms with van der Waals surface area (Å²) >= 11 is 0. The van der Waals surface area contributed by atoms with Crippen LogP contribution in [0, 0.1) is 5.92 Å². The van der Waals surface area contributed by atoms with Crippen LogP contribution >= 0.6 is 0 Å². The van der Waals surface area contributed by atoms with Gasteiger partial charge in [0.1, 0.15) is 5.82 Å². The highest BCUT2D eigenvalue weighted by atomic mass is 15.2. The standard InChI is InChI=1S/C21H36N4/c1-2-8-18(7-1)15-21-22-16-19(23-21)17-25-13-4-3-9-20(25)10-14-24-11-5-6-12-24/h16,18,20H,1-15,17H2,(H,22,23). The Labute approximate surface area is 153 Å². The van der Waals surface area contributed by atoms with Crippen molar-refractivity contribution in [2.45, 2.75) is 83.2 Å². The summed E-state index contributed by atoms with van der Waals surface area (Å²) in [6.45, 7) is 6.30. The van der Waals surface area contributed by atoms with Gasteiger partial charge in [-0.05, 0) is 64.2 Å². The number of aromatic nitrogens is 2. The van der Waals surface area contributed by atoms with Gasteiger partial charge in [-0.25, -0.2) is 4.98 Å². The zero-order chi connectivity index (χ0) is 16.9. The van der Waals surface area contributed by atoms with Crippen LogP contribution < -0.4 is 0 Å². The Balaban J connectivity index is 1.29. The fourth-order valence-corrected chi connectivity index (χ4v) is 5.23. The van der Waals surface area contributed by atoms with Crippen LogP contribution in [-0.4, -0.2) is 52.0 Å². The van der Waals surface area contributed by atoms with E-state index in [9.17, 15) is 0 Å². The monoisotopic (exact) mass is 344 g/mol. The van der Waals surface area contributed by atoms with E-state index in [1.807, 2.05) is 0 Å². The van der Waals surface area contributed by atoms with Crippen LogP contribution in [0.2, 0.25) is 0 Å². The molecule has 4 nitrogen and oxygen atoms in total. The Kier molecular flexibility index (Phi) is 6.09. The minimum Gasteiger partial charge on any atom is -0.345 e. The molecule has 0 amide bonds. The summed E-state index contributed by atoms with van der Waals surface area (Å²) in [7, 11) is 0. The molecule has 1 N–H and O–H groups in total. The number of hydrogen-bond donors (Lipinski definition) is 1.